The van der Waals surface area contributed by atoms with Crippen LogP contribution >= 0.6 is 0 Å². The first-order valence-corrected chi connectivity index (χ1v) is 16.0. The molecule has 5 heteroatoms. The van der Waals surface area contributed by atoms with Crippen LogP contribution in [0.5, 0.6) is 0 Å². The first-order valence-electron chi connectivity index (χ1n) is 16.0. The molecular weight excluding hydrogens is 510 g/mol. The van der Waals surface area contributed by atoms with Gasteiger partial charge in [-0.05, 0) is 133 Å². The van der Waals surface area contributed by atoms with Crippen LogP contribution in [0.2, 0.25) is 0 Å². The molecule has 0 amide bonds. The van der Waals surface area contributed by atoms with Gasteiger partial charge in [-0.25, -0.2) is 4.79 Å². The maximum absolute atomic E-state index is 13.0. The Morgan fingerprint density at radius 3 is 2.37 bits per heavy atom. The molecular formula is C36H53NO4. The van der Waals surface area contributed by atoms with E-state index in [-0.39, 0.29) is 34.9 Å². The van der Waals surface area contributed by atoms with Crippen LogP contribution in [0.3, 0.4) is 0 Å². The molecule has 0 aromatic carbocycles. The zero-order chi connectivity index (χ0) is 29.8. The summed E-state index contributed by atoms with van der Waals surface area (Å²) in [6, 6.07) is 3.38. The van der Waals surface area contributed by atoms with Crippen LogP contribution in [0.25, 0.3) is 0 Å². The lowest BCUT2D eigenvalue weighted by Crippen LogP contribution is -2.56. The average Bonchev–Trinajstić information content (AvgIpc) is 3.21. The third-order valence-electron chi connectivity index (χ3n) is 12.1. The number of esters is 1. The summed E-state index contributed by atoms with van der Waals surface area (Å²) in [5.74, 6) is 1.60. The van der Waals surface area contributed by atoms with Gasteiger partial charge in [-0.3, -0.25) is 4.98 Å². The molecule has 1 saturated carbocycles. The molecule has 3 aliphatic carbocycles. The summed E-state index contributed by atoms with van der Waals surface area (Å²) in [7, 11) is 0. The van der Waals surface area contributed by atoms with Crippen molar-refractivity contribution in [3.8, 4) is 0 Å². The number of aliphatic hydroxyl groups is 1. The highest BCUT2D eigenvalue weighted by atomic mass is 16.6. The lowest BCUT2D eigenvalue weighted by atomic mass is 9.55. The monoisotopic (exact) mass is 563 g/mol. The summed E-state index contributed by atoms with van der Waals surface area (Å²) in [4.78, 5) is 17.0. The van der Waals surface area contributed by atoms with E-state index in [1.54, 1.807) is 30.1 Å². The molecule has 0 spiro atoms. The van der Waals surface area contributed by atoms with Crippen molar-refractivity contribution in [2.45, 2.75) is 130 Å². The topological polar surface area (TPSA) is 68.7 Å². The van der Waals surface area contributed by atoms with Gasteiger partial charge in [0.15, 0.2) is 0 Å². The van der Waals surface area contributed by atoms with E-state index in [4.69, 9.17) is 9.47 Å². The molecule has 226 valence electrons. The molecule has 4 aliphatic rings. The first-order chi connectivity index (χ1) is 19.2. The third-order valence-corrected chi connectivity index (χ3v) is 12.1. The lowest BCUT2D eigenvalue weighted by Gasteiger charge is -2.54. The van der Waals surface area contributed by atoms with E-state index >= 15 is 0 Å². The second kappa shape index (κ2) is 10.9. The standard InChI is InChI=1S/C36H53NO4/c1-23-10-12-28-26(23)11-9-24(2)27(33(28,3)4)13-14-29-35(7)19-15-30(40-32(38)25-17-21-37-22-18-25)34(5,6)41-31(35)16-20-36(29,8)39/h9-10,17-18,21-22,26-31,39H,11-16,19-20H2,1-8H3/t26-,27-,28+,29+,30+,31+,35+,36-/m1/s1. The Kier molecular flexibility index (Phi) is 8.13. The summed E-state index contributed by atoms with van der Waals surface area (Å²) in [5.41, 5.74) is 2.21. The first kappa shape index (κ1) is 30.5. The van der Waals surface area contributed by atoms with Gasteiger partial charge in [-0.15, -0.1) is 0 Å². The molecule has 1 saturated heterocycles. The quantitative estimate of drug-likeness (QED) is 0.290. The molecule has 1 aliphatic heterocycles. The molecule has 0 radical (unpaired) electrons. The van der Waals surface area contributed by atoms with E-state index in [1.165, 1.54) is 12.0 Å². The number of carbonyl (C=O) groups excluding carboxylic acids is 1. The number of hydrogen-bond acceptors (Lipinski definition) is 5. The molecule has 5 rings (SSSR count). The number of fused-ring (bicyclic) bond motifs is 2. The molecule has 1 aromatic rings. The Morgan fingerprint density at radius 1 is 0.976 bits per heavy atom. The largest absolute Gasteiger partial charge is 0.456 e. The molecule has 1 aromatic heterocycles. The molecule has 8 atom stereocenters. The van der Waals surface area contributed by atoms with Crippen LogP contribution in [0.1, 0.15) is 117 Å². The van der Waals surface area contributed by atoms with Gasteiger partial charge in [0, 0.05) is 12.4 Å². The van der Waals surface area contributed by atoms with E-state index in [1.807, 2.05) is 0 Å². The number of pyridine rings is 1. The van der Waals surface area contributed by atoms with Crippen LogP contribution in [-0.4, -0.2) is 39.5 Å². The highest BCUT2D eigenvalue weighted by molar-refractivity contribution is 5.89. The van der Waals surface area contributed by atoms with Crippen molar-refractivity contribution in [1.29, 1.82) is 0 Å². The predicted molar refractivity (Wildman–Crippen MR) is 163 cm³/mol. The Labute approximate surface area is 248 Å². The molecule has 0 bridgehead atoms. The van der Waals surface area contributed by atoms with Crippen LogP contribution in [0.15, 0.2) is 47.8 Å². The van der Waals surface area contributed by atoms with Gasteiger partial charge in [-0.2, -0.15) is 0 Å². The number of carbonyl (C=O) groups is 1. The fourth-order valence-corrected chi connectivity index (χ4v) is 9.50. The number of ether oxygens (including phenoxy) is 2. The van der Waals surface area contributed by atoms with E-state index in [0.29, 0.717) is 29.7 Å². The van der Waals surface area contributed by atoms with E-state index < -0.39 is 11.2 Å². The highest BCUT2D eigenvalue weighted by Gasteiger charge is 2.57. The molecule has 0 unspecified atom stereocenters. The van der Waals surface area contributed by atoms with Gasteiger partial charge in [0.05, 0.1) is 22.9 Å². The Morgan fingerprint density at radius 2 is 1.66 bits per heavy atom. The van der Waals surface area contributed by atoms with Crippen molar-refractivity contribution in [3.05, 3.63) is 53.4 Å². The van der Waals surface area contributed by atoms with E-state index in [2.05, 4.69) is 72.5 Å². The smallest absolute Gasteiger partial charge is 0.338 e. The maximum Gasteiger partial charge on any atom is 0.338 e. The zero-order valence-electron chi connectivity index (χ0n) is 26.7. The SMILES string of the molecule is CC1=CC[C@H]2[C@@H]1CC=C(C)[C@@H](CC[C@H]1[C@]3(C)CC[C@H](OC(=O)c4ccncc4)C(C)(C)O[C@H]3CC[C@@]1(C)O)C2(C)C. The number of allylic oxidation sites excluding steroid dienone is 4. The summed E-state index contributed by atoms with van der Waals surface area (Å²) < 4.78 is 13.0. The summed E-state index contributed by atoms with van der Waals surface area (Å²) in [6.07, 6.45) is 15.4. The van der Waals surface area contributed by atoms with Crippen LogP contribution in [0.4, 0.5) is 0 Å². The summed E-state index contributed by atoms with van der Waals surface area (Å²) in [5, 5.41) is 11.9. The van der Waals surface area contributed by atoms with Gasteiger partial charge >= 0.3 is 5.97 Å². The molecule has 41 heavy (non-hydrogen) atoms. The lowest BCUT2D eigenvalue weighted by molar-refractivity contribution is -0.206. The second-order valence-electron chi connectivity index (χ2n) is 15.4. The summed E-state index contributed by atoms with van der Waals surface area (Å²) in [6.45, 7) is 18.1. The number of aromatic nitrogens is 1. The molecule has 5 nitrogen and oxygen atoms in total. The van der Waals surface area contributed by atoms with Crippen molar-refractivity contribution >= 4 is 5.97 Å². The van der Waals surface area contributed by atoms with E-state index in [9.17, 15) is 9.90 Å². The van der Waals surface area contributed by atoms with Crippen LogP contribution in [-0.2, 0) is 9.47 Å². The van der Waals surface area contributed by atoms with Crippen molar-refractivity contribution in [1.82, 2.24) is 4.98 Å². The second-order valence-corrected chi connectivity index (χ2v) is 15.4. The molecule has 1 N–H and O–H groups in total. The van der Waals surface area contributed by atoms with Crippen LogP contribution in [0, 0.1) is 34.5 Å². The highest BCUT2D eigenvalue weighted by Crippen LogP contribution is 2.58. The minimum Gasteiger partial charge on any atom is -0.456 e. The van der Waals surface area contributed by atoms with Crippen molar-refractivity contribution in [2.75, 3.05) is 0 Å². The fourth-order valence-electron chi connectivity index (χ4n) is 9.50. The number of hydrogen-bond donors (Lipinski definition) is 1. The fraction of sp³-hybridized carbons (Fsp3) is 0.722. The minimum atomic E-state index is -0.757. The van der Waals surface area contributed by atoms with Gasteiger partial charge < -0.3 is 14.6 Å². The van der Waals surface area contributed by atoms with Crippen molar-refractivity contribution in [2.24, 2.45) is 34.5 Å². The van der Waals surface area contributed by atoms with E-state index in [0.717, 1.165) is 38.5 Å². The summed E-state index contributed by atoms with van der Waals surface area (Å²) >= 11 is 0. The van der Waals surface area contributed by atoms with Gasteiger partial charge in [0.2, 0.25) is 0 Å². The minimum absolute atomic E-state index is 0.0113. The Balaban J connectivity index is 1.37. The van der Waals surface area contributed by atoms with Crippen LogP contribution < -0.4 is 0 Å². The average molecular weight is 564 g/mol. The third kappa shape index (κ3) is 5.58. The predicted octanol–water partition coefficient (Wildman–Crippen LogP) is 8.09. The van der Waals surface area contributed by atoms with Crippen molar-refractivity contribution < 1.29 is 19.4 Å². The Hall–Kier alpha value is -1.98. The van der Waals surface area contributed by atoms with Gasteiger partial charge in [0.25, 0.3) is 0 Å². The van der Waals surface area contributed by atoms with Crippen molar-refractivity contribution in [3.63, 3.8) is 0 Å². The number of nitrogens with zero attached hydrogens (tertiary/aromatic N) is 1. The van der Waals surface area contributed by atoms with Gasteiger partial charge in [0.1, 0.15) is 6.10 Å². The molecule has 2 fully saturated rings. The normalized spacial score (nSPS) is 39.8. The maximum atomic E-state index is 13.0. The van der Waals surface area contributed by atoms with Gasteiger partial charge in [-0.1, -0.05) is 44.1 Å². The zero-order valence-corrected chi connectivity index (χ0v) is 26.7. The molecule has 2 heterocycles. The Bertz CT molecular complexity index is 1180. The number of rotatable bonds is 5.